The number of ketones is 1. The maximum Gasteiger partial charge on any atom is 0.295 e. The predicted octanol–water partition coefficient (Wildman–Crippen LogP) is 3.80. The fraction of sp³-hybridized carbons (Fsp3) is 0.400. The lowest BCUT2D eigenvalue weighted by atomic mass is 9.94. The van der Waals surface area contributed by atoms with E-state index in [2.05, 4.69) is 30.7 Å². The summed E-state index contributed by atoms with van der Waals surface area (Å²) in [5, 5.41) is 11.0. The quantitative estimate of drug-likeness (QED) is 0.379. The van der Waals surface area contributed by atoms with Gasteiger partial charge in [0.05, 0.1) is 11.6 Å². The van der Waals surface area contributed by atoms with E-state index in [4.69, 9.17) is 0 Å². The Morgan fingerprint density at radius 1 is 1.03 bits per heavy atom. The molecule has 1 saturated heterocycles. The smallest absolute Gasteiger partial charge is 0.295 e. The number of likely N-dealkylation sites (tertiary alicyclic amines) is 1. The Morgan fingerprint density at radius 2 is 1.68 bits per heavy atom. The largest absolute Gasteiger partial charge is 0.507 e. The van der Waals surface area contributed by atoms with Gasteiger partial charge in [0, 0.05) is 24.5 Å². The van der Waals surface area contributed by atoms with Crippen LogP contribution in [0.5, 0.6) is 0 Å². The Bertz CT molecular complexity index is 934. The van der Waals surface area contributed by atoms with Crippen LogP contribution in [0, 0.1) is 0 Å². The third-order valence-electron chi connectivity index (χ3n) is 5.97. The van der Waals surface area contributed by atoms with Crippen molar-refractivity contribution in [2.45, 2.75) is 39.7 Å². The number of carbonyl (C=O) groups is 2. The van der Waals surface area contributed by atoms with Crippen molar-refractivity contribution >= 4 is 17.4 Å². The normalized spacial score (nSPS) is 18.2. The van der Waals surface area contributed by atoms with Crippen LogP contribution in [-0.4, -0.2) is 57.8 Å². The Balaban J connectivity index is 2.00. The summed E-state index contributed by atoms with van der Waals surface area (Å²) >= 11 is 0. The van der Waals surface area contributed by atoms with Crippen molar-refractivity contribution in [3.8, 4) is 0 Å². The molecule has 1 aliphatic rings. The lowest BCUT2D eigenvalue weighted by Gasteiger charge is -2.27. The van der Waals surface area contributed by atoms with Gasteiger partial charge < -0.3 is 14.9 Å². The molecule has 1 amide bonds. The second kappa shape index (κ2) is 10.4. The Kier molecular flexibility index (Phi) is 7.58. The first-order valence-electron chi connectivity index (χ1n) is 11.0. The molecule has 1 fully saturated rings. The molecule has 1 aromatic heterocycles. The first-order valence-corrected chi connectivity index (χ1v) is 11.0. The van der Waals surface area contributed by atoms with Crippen LogP contribution >= 0.6 is 0 Å². The first-order chi connectivity index (χ1) is 15.0. The molecule has 3 rings (SSSR count). The fourth-order valence-corrected chi connectivity index (χ4v) is 4.06. The van der Waals surface area contributed by atoms with Crippen LogP contribution < -0.4 is 0 Å². The highest BCUT2D eigenvalue weighted by Crippen LogP contribution is 2.39. The van der Waals surface area contributed by atoms with Crippen molar-refractivity contribution < 1.29 is 14.7 Å². The summed E-state index contributed by atoms with van der Waals surface area (Å²) in [6.45, 7) is 9.49. The number of hydrogen-bond donors (Lipinski definition) is 1. The molecule has 0 spiro atoms. The van der Waals surface area contributed by atoms with E-state index >= 15 is 0 Å². The van der Waals surface area contributed by atoms with Gasteiger partial charge in [-0.3, -0.25) is 14.6 Å². The van der Waals surface area contributed by atoms with Gasteiger partial charge in [-0.1, -0.05) is 45.0 Å². The molecule has 2 heterocycles. The molecule has 1 atom stereocenters. The monoisotopic (exact) mass is 421 g/mol. The molecule has 0 saturated carbocycles. The Labute approximate surface area is 184 Å². The molecule has 6 heteroatoms. The molecule has 31 heavy (non-hydrogen) atoms. The number of carbonyl (C=O) groups excluding carboxylic acids is 2. The molecule has 0 radical (unpaired) electrons. The second-order valence-electron chi connectivity index (χ2n) is 7.70. The van der Waals surface area contributed by atoms with Crippen molar-refractivity contribution in [2.75, 3.05) is 26.2 Å². The fourth-order valence-electron chi connectivity index (χ4n) is 4.06. The molecule has 2 aromatic rings. The number of pyridine rings is 1. The van der Waals surface area contributed by atoms with Crippen LogP contribution in [0.25, 0.3) is 5.76 Å². The number of nitrogens with zero attached hydrogens (tertiary/aromatic N) is 3. The van der Waals surface area contributed by atoms with Gasteiger partial charge in [0.1, 0.15) is 5.76 Å². The van der Waals surface area contributed by atoms with Crippen molar-refractivity contribution in [3.05, 3.63) is 71.1 Å². The lowest BCUT2D eigenvalue weighted by molar-refractivity contribution is -0.140. The van der Waals surface area contributed by atoms with Gasteiger partial charge in [-0.25, -0.2) is 0 Å². The molecule has 1 aliphatic heterocycles. The van der Waals surface area contributed by atoms with Gasteiger partial charge in [0.25, 0.3) is 11.7 Å². The number of aromatic nitrogens is 1. The van der Waals surface area contributed by atoms with E-state index in [1.807, 2.05) is 24.3 Å². The third-order valence-corrected chi connectivity index (χ3v) is 5.97. The number of rotatable bonds is 9. The number of aryl methyl sites for hydroxylation is 1. The van der Waals surface area contributed by atoms with Crippen LogP contribution in [0.4, 0.5) is 0 Å². The lowest BCUT2D eigenvalue weighted by Crippen LogP contribution is -2.33. The summed E-state index contributed by atoms with van der Waals surface area (Å²) < 4.78 is 0. The molecule has 0 aliphatic carbocycles. The van der Waals surface area contributed by atoms with Gasteiger partial charge in [0.2, 0.25) is 0 Å². The summed E-state index contributed by atoms with van der Waals surface area (Å²) in [5.74, 6) is -1.35. The summed E-state index contributed by atoms with van der Waals surface area (Å²) in [7, 11) is 0. The summed E-state index contributed by atoms with van der Waals surface area (Å²) in [5.41, 5.74) is 2.63. The average Bonchev–Trinajstić information content (AvgIpc) is 3.07. The summed E-state index contributed by atoms with van der Waals surface area (Å²) in [4.78, 5) is 33.9. The maximum absolute atomic E-state index is 13.0. The van der Waals surface area contributed by atoms with E-state index in [0.29, 0.717) is 12.1 Å². The van der Waals surface area contributed by atoms with Crippen LogP contribution in [0.3, 0.4) is 0 Å². The second-order valence-corrected chi connectivity index (χ2v) is 7.70. The van der Waals surface area contributed by atoms with E-state index in [-0.39, 0.29) is 11.3 Å². The number of hydrogen-bond acceptors (Lipinski definition) is 5. The van der Waals surface area contributed by atoms with Crippen LogP contribution in [0.1, 0.15) is 49.9 Å². The van der Waals surface area contributed by atoms with Gasteiger partial charge in [-0.2, -0.15) is 0 Å². The SMILES string of the molecule is CCc1ccc(C2C(=C(O)c3ccncc3)C(=O)C(=O)N2CCCN(CC)CC)cc1. The number of aliphatic hydroxyl groups excluding tert-OH is 1. The standard InChI is InChI=1S/C25H31N3O3/c1-4-18-8-10-19(11-9-18)22-21(23(29)20-12-14-26-15-13-20)24(30)25(31)28(22)17-7-16-27(5-2)6-3/h8-15,22,29H,4-7,16-17H2,1-3H3. The van der Waals surface area contributed by atoms with Crippen molar-refractivity contribution in [3.63, 3.8) is 0 Å². The van der Waals surface area contributed by atoms with Crippen LogP contribution in [-0.2, 0) is 16.0 Å². The van der Waals surface area contributed by atoms with Gasteiger partial charge in [-0.05, 0) is 55.7 Å². The molecular weight excluding hydrogens is 390 g/mol. The number of aliphatic hydroxyl groups is 1. The van der Waals surface area contributed by atoms with E-state index in [1.54, 1.807) is 29.4 Å². The molecule has 1 N–H and O–H groups in total. The minimum atomic E-state index is -0.637. The highest BCUT2D eigenvalue weighted by molar-refractivity contribution is 6.46. The predicted molar refractivity (Wildman–Crippen MR) is 121 cm³/mol. The molecule has 1 aromatic carbocycles. The molecular formula is C25H31N3O3. The average molecular weight is 422 g/mol. The first kappa shape index (κ1) is 22.7. The van der Waals surface area contributed by atoms with Gasteiger partial charge in [0.15, 0.2) is 0 Å². The zero-order valence-electron chi connectivity index (χ0n) is 18.5. The Morgan fingerprint density at radius 3 is 2.26 bits per heavy atom. The van der Waals surface area contributed by atoms with Crippen molar-refractivity contribution in [2.24, 2.45) is 0 Å². The third kappa shape index (κ3) is 4.85. The zero-order valence-corrected chi connectivity index (χ0v) is 18.5. The minimum Gasteiger partial charge on any atom is -0.507 e. The highest BCUT2D eigenvalue weighted by atomic mass is 16.3. The molecule has 0 bridgehead atoms. The van der Waals surface area contributed by atoms with Gasteiger partial charge in [-0.15, -0.1) is 0 Å². The number of amides is 1. The maximum atomic E-state index is 13.0. The van der Waals surface area contributed by atoms with E-state index < -0.39 is 17.7 Å². The number of Topliss-reactive ketones (excluding diaryl/α,β-unsaturated/α-hetero) is 1. The van der Waals surface area contributed by atoms with Crippen LogP contribution in [0.2, 0.25) is 0 Å². The van der Waals surface area contributed by atoms with E-state index in [9.17, 15) is 14.7 Å². The van der Waals surface area contributed by atoms with Crippen molar-refractivity contribution in [1.82, 2.24) is 14.8 Å². The summed E-state index contributed by atoms with van der Waals surface area (Å²) in [6.07, 6.45) is 4.77. The molecule has 6 nitrogen and oxygen atoms in total. The Hall–Kier alpha value is -2.99. The van der Waals surface area contributed by atoms with E-state index in [1.165, 1.54) is 5.56 Å². The molecule has 164 valence electrons. The molecule has 1 unspecified atom stereocenters. The minimum absolute atomic E-state index is 0.142. The van der Waals surface area contributed by atoms with Gasteiger partial charge >= 0.3 is 0 Å². The van der Waals surface area contributed by atoms with Crippen molar-refractivity contribution in [1.29, 1.82) is 0 Å². The number of benzene rings is 1. The highest BCUT2D eigenvalue weighted by Gasteiger charge is 2.45. The van der Waals surface area contributed by atoms with E-state index in [0.717, 1.165) is 38.0 Å². The topological polar surface area (TPSA) is 73.7 Å². The van der Waals surface area contributed by atoms with Crippen LogP contribution in [0.15, 0.2) is 54.4 Å². The zero-order chi connectivity index (χ0) is 22.4. The summed E-state index contributed by atoms with van der Waals surface area (Å²) in [6, 6.07) is 10.6.